The fourth-order valence-electron chi connectivity index (χ4n) is 7.30. The molecule has 2 amide bonds. The topological polar surface area (TPSA) is 117 Å². The van der Waals surface area contributed by atoms with Crippen molar-refractivity contribution in [2.45, 2.75) is 38.9 Å². The quantitative estimate of drug-likeness (QED) is 0.328. The second kappa shape index (κ2) is 14.1. The zero-order chi connectivity index (χ0) is 34.1. The van der Waals surface area contributed by atoms with E-state index in [9.17, 15) is 9.59 Å². The molecule has 13 nitrogen and oxygen atoms in total. The van der Waals surface area contributed by atoms with Crippen molar-refractivity contribution in [2.75, 3.05) is 71.3 Å². The number of imidazole rings is 1. The predicted molar refractivity (Wildman–Crippen MR) is 189 cm³/mol. The SMILES string of the molecule is C=CC(=O)N1CCOc2c(cnn2C)-c2cc(cc(C)n2)C(=O)Nc2nc3ccc(CN4CCC(N5CCN(C)CC5)CC4)cc3n2CC1. The number of hydrogen-bond donors (Lipinski definition) is 1. The van der Waals surface area contributed by atoms with E-state index < -0.39 is 0 Å². The molecule has 13 heteroatoms. The molecule has 0 unspecified atom stereocenters. The van der Waals surface area contributed by atoms with Gasteiger partial charge >= 0.3 is 0 Å². The van der Waals surface area contributed by atoms with E-state index in [1.165, 1.54) is 24.5 Å². The molecule has 3 aliphatic heterocycles. The summed E-state index contributed by atoms with van der Waals surface area (Å²) >= 11 is 0. The number of likely N-dealkylation sites (N-methyl/N-ethyl adjacent to an activating group) is 1. The maximum absolute atomic E-state index is 13.8. The van der Waals surface area contributed by atoms with Crippen molar-refractivity contribution in [3.8, 4) is 17.1 Å². The van der Waals surface area contributed by atoms with E-state index in [2.05, 4.69) is 55.9 Å². The Bertz CT molecular complexity index is 1850. The molecular weight excluding hydrogens is 620 g/mol. The van der Waals surface area contributed by atoms with Crippen molar-refractivity contribution in [1.29, 1.82) is 0 Å². The number of anilines is 1. The van der Waals surface area contributed by atoms with E-state index in [0.717, 1.165) is 56.8 Å². The second-order valence-electron chi connectivity index (χ2n) is 13.5. The first-order valence-electron chi connectivity index (χ1n) is 17.3. The van der Waals surface area contributed by atoms with Gasteiger partial charge in [0.05, 0.1) is 35.0 Å². The van der Waals surface area contributed by atoms with Crippen LogP contribution in [0.25, 0.3) is 22.3 Å². The predicted octanol–water partition coefficient (Wildman–Crippen LogP) is 3.01. The number of nitrogens with one attached hydrogen (secondary N) is 1. The molecule has 3 aliphatic rings. The zero-order valence-electron chi connectivity index (χ0n) is 28.8. The normalized spacial score (nSPS) is 19.0. The molecule has 7 rings (SSSR count). The van der Waals surface area contributed by atoms with Crippen molar-refractivity contribution in [3.63, 3.8) is 0 Å². The smallest absolute Gasteiger partial charge is 0.258 e. The van der Waals surface area contributed by atoms with Gasteiger partial charge in [-0.1, -0.05) is 12.6 Å². The van der Waals surface area contributed by atoms with Crippen LogP contribution in [-0.4, -0.2) is 128 Å². The van der Waals surface area contributed by atoms with Gasteiger partial charge in [0, 0.05) is 70.2 Å². The van der Waals surface area contributed by atoms with Crippen LogP contribution >= 0.6 is 0 Å². The first-order chi connectivity index (χ1) is 23.7. The fraction of sp³-hybridized carbons (Fsp3) is 0.472. The summed E-state index contributed by atoms with van der Waals surface area (Å²) in [5.74, 6) is 0.449. The van der Waals surface area contributed by atoms with E-state index in [-0.39, 0.29) is 18.4 Å². The highest BCUT2D eigenvalue weighted by Crippen LogP contribution is 2.30. The molecule has 2 fully saturated rings. The Hall–Kier alpha value is -4.59. The minimum absolute atomic E-state index is 0.197. The lowest BCUT2D eigenvalue weighted by atomic mass is 10.0. The van der Waals surface area contributed by atoms with Crippen molar-refractivity contribution in [3.05, 3.63) is 66.0 Å². The Morgan fingerprint density at radius 3 is 2.57 bits per heavy atom. The number of nitrogens with zero attached hydrogens (tertiary/aromatic N) is 9. The molecule has 0 radical (unpaired) electrons. The number of amides is 2. The molecule has 258 valence electrons. The van der Waals surface area contributed by atoms with Crippen LogP contribution < -0.4 is 10.1 Å². The number of pyridine rings is 1. The van der Waals surface area contributed by atoms with Crippen LogP contribution in [0.4, 0.5) is 5.95 Å². The van der Waals surface area contributed by atoms with Crippen LogP contribution in [0.5, 0.6) is 5.88 Å². The summed E-state index contributed by atoms with van der Waals surface area (Å²) in [4.78, 5) is 45.7. The number of ether oxygens (including phenoxy) is 1. The third kappa shape index (κ3) is 7.10. The number of benzene rings is 1. The van der Waals surface area contributed by atoms with Gasteiger partial charge in [-0.25, -0.2) is 9.67 Å². The highest BCUT2D eigenvalue weighted by Gasteiger charge is 2.27. The van der Waals surface area contributed by atoms with E-state index in [4.69, 9.17) is 9.72 Å². The van der Waals surface area contributed by atoms with Crippen LogP contribution in [-0.2, 0) is 24.9 Å². The summed E-state index contributed by atoms with van der Waals surface area (Å²) in [5, 5.41) is 7.44. The third-order valence-electron chi connectivity index (χ3n) is 10.1. The number of likely N-dealkylation sites (tertiary alicyclic amines) is 1. The van der Waals surface area contributed by atoms with Gasteiger partial charge in [0.25, 0.3) is 5.91 Å². The summed E-state index contributed by atoms with van der Waals surface area (Å²) in [7, 11) is 4.00. The van der Waals surface area contributed by atoms with Gasteiger partial charge in [-0.05, 0) is 75.8 Å². The van der Waals surface area contributed by atoms with Gasteiger partial charge in [-0.2, -0.15) is 5.10 Å². The number of piperidine rings is 1. The standard InChI is InChI=1S/C36H46N10O3/c1-5-33(47)45-16-17-46-32-21-26(24-43-10-8-28(9-11-43)44-14-12-41(3)13-15-44)6-7-30(32)39-36(46)40-34(48)27-20-25(2)38-31(22-27)29-23-37-42(4)35(29)49-19-18-45/h5-7,20-23,28H,1,8-19,24H2,2-4H3,(H,39,40,48). The number of rotatable bonds is 4. The lowest BCUT2D eigenvalue weighted by Crippen LogP contribution is -2.52. The lowest BCUT2D eigenvalue weighted by Gasteiger charge is -2.42. The van der Waals surface area contributed by atoms with Gasteiger partial charge in [-0.3, -0.25) is 29.7 Å². The number of piperazine rings is 1. The number of carbonyl (C=O) groups is 2. The Morgan fingerprint density at radius 1 is 1.00 bits per heavy atom. The largest absolute Gasteiger partial charge is 0.475 e. The van der Waals surface area contributed by atoms with Gasteiger partial charge in [0.15, 0.2) is 0 Å². The Morgan fingerprint density at radius 2 is 1.80 bits per heavy atom. The number of fused-ring (bicyclic) bond motifs is 7. The summed E-state index contributed by atoms with van der Waals surface area (Å²) in [6, 6.07) is 10.5. The Kier molecular flexibility index (Phi) is 9.48. The maximum atomic E-state index is 13.8. The molecule has 0 atom stereocenters. The maximum Gasteiger partial charge on any atom is 0.258 e. The van der Waals surface area contributed by atoms with Gasteiger partial charge in [-0.15, -0.1) is 0 Å². The lowest BCUT2D eigenvalue weighted by molar-refractivity contribution is -0.126. The average molecular weight is 667 g/mol. The molecule has 6 heterocycles. The summed E-state index contributed by atoms with van der Waals surface area (Å²) in [6.07, 6.45) is 5.38. The van der Waals surface area contributed by atoms with Crippen molar-refractivity contribution < 1.29 is 14.3 Å². The Labute approximate surface area is 287 Å². The monoisotopic (exact) mass is 666 g/mol. The zero-order valence-corrected chi connectivity index (χ0v) is 28.8. The molecule has 49 heavy (non-hydrogen) atoms. The van der Waals surface area contributed by atoms with E-state index in [1.807, 2.05) is 17.6 Å². The molecule has 0 aliphatic carbocycles. The third-order valence-corrected chi connectivity index (χ3v) is 10.1. The highest BCUT2D eigenvalue weighted by atomic mass is 16.5. The Balaban J connectivity index is 1.16. The van der Waals surface area contributed by atoms with Gasteiger partial charge in [0.2, 0.25) is 17.7 Å². The van der Waals surface area contributed by atoms with Crippen LogP contribution in [0.1, 0.15) is 34.5 Å². The van der Waals surface area contributed by atoms with Crippen LogP contribution in [0, 0.1) is 6.92 Å². The molecule has 0 spiro atoms. The molecule has 1 N–H and O–H groups in total. The first-order valence-corrected chi connectivity index (χ1v) is 17.3. The molecule has 2 bridgehead atoms. The number of hydrogen-bond acceptors (Lipinski definition) is 9. The second-order valence-corrected chi connectivity index (χ2v) is 13.5. The van der Waals surface area contributed by atoms with E-state index in [0.29, 0.717) is 60.0 Å². The van der Waals surface area contributed by atoms with Gasteiger partial charge < -0.3 is 19.1 Å². The minimum Gasteiger partial charge on any atom is -0.475 e. The van der Waals surface area contributed by atoms with Crippen molar-refractivity contribution >= 4 is 28.8 Å². The highest BCUT2D eigenvalue weighted by molar-refractivity contribution is 6.04. The first kappa shape index (κ1) is 32.9. The van der Waals surface area contributed by atoms with E-state index in [1.54, 1.807) is 35.0 Å². The van der Waals surface area contributed by atoms with Crippen molar-refractivity contribution in [1.82, 2.24) is 43.9 Å². The molecule has 4 aromatic rings. The van der Waals surface area contributed by atoms with E-state index >= 15 is 0 Å². The molecule has 1 aromatic carbocycles. The number of aryl methyl sites for hydroxylation is 2. The summed E-state index contributed by atoms with van der Waals surface area (Å²) < 4.78 is 9.82. The van der Waals surface area contributed by atoms with Gasteiger partial charge in [0.1, 0.15) is 6.61 Å². The molecule has 3 aromatic heterocycles. The molecular formula is C36H46N10O3. The summed E-state index contributed by atoms with van der Waals surface area (Å²) in [5.41, 5.74) is 5.28. The molecule has 2 saturated heterocycles. The number of aromatic nitrogens is 5. The number of carbonyl (C=O) groups excluding carboxylic acids is 2. The molecule has 0 saturated carbocycles. The van der Waals surface area contributed by atoms with Crippen LogP contribution in [0.3, 0.4) is 0 Å². The van der Waals surface area contributed by atoms with Crippen LogP contribution in [0.2, 0.25) is 0 Å². The van der Waals surface area contributed by atoms with Crippen LogP contribution in [0.15, 0.2) is 49.2 Å². The summed E-state index contributed by atoms with van der Waals surface area (Å²) in [6.45, 7) is 14.6. The fourth-order valence-corrected chi connectivity index (χ4v) is 7.30. The van der Waals surface area contributed by atoms with Crippen molar-refractivity contribution in [2.24, 2.45) is 7.05 Å². The minimum atomic E-state index is -0.299. The average Bonchev–Trinajstić information content (AvgIpc) is 3.64.